The van der Waals surface area contributed by atoms with Crippen molar-refractivity contribution in [3.05, 3.63) is 35.9 Å². The van der Waals surface area contributed by atoms with Crippen LogP contribution in [-0.2, 0) is 16.1 Å². The number of ether oxygens (including phenoxy) is 1. The first-order valence-electron chi connectivity index (χ1n) is 6.49. The van der Waals surface area contributed by atoms with E-state index in [1.54, 1.807) is 0 Å². The van der Waals surface area contributed by atoms with Gasteiger partial charge in [0.1, 0.15) is 0 Å². The van der Waals surface area contributed by atoms with E-state index in [0.29, 0.717) is 19.8 Å². The summed E-state index contributed by atoms with van der Waals surface area (Å²) in [6.07, 6.45) is 2.03. The molecule has 2 rings (SSSR count). The molecule has 0 bridgehead atoms. The highest BCUT2D eigenvalue weighted by Gasteiger charge is 2.20. The summed E-state index contributed by atoms with van der Waals surface area (Å²) in [7, 11) is 0. The SMILES string of the molecule is O=C(NCCOCc1ccccc1)C1CCCN1. The van der Waals surface area contributed by atoms with Crippen LogP contribution in [0.5, 0.6) is 0 Å². The van der Waals surface area contributed by atoms with Crippen LogP contribution in [0.3, 0.4) is 0 Å². The van der Waals surface area contributed by atoms with E-state index in [0.717, 1.165) is 24.9 Å². The molecule has 1 aliphatic rings. The van der Waals surface area contributed by atoms with Crippen molar-refractivity contribution in [3.63, 3.8) is 0 Å². The van der Waals surface area contributed by atoms with Crippen LogP contribution >= 0.6 is 0 Å². The molecule has 98 valence electrons. The van der Waals surface area contributed by atoms with Crippen LogP contribution in [0.2, 0.25) is 0 Å². The Bertz CT molecular complexity index is 361. The standard InChI is InChI=1S/C14H20N2O2/c17-14(13-7-4-8-15-13)16-9-10-18-11-12-5-2-1-3-6-12/h1-3,5-6,13,15H,4,7-11H2,(H,16,17). The molecular weight excluding hydrogens is 228 g/mol. The van der Waals surface area contributed by atoms with Crippen LogP contribution in [0, 0.1) is 0 Å². The highest BCUT2D eigenvalue weighted by Crippen LogP contribution is 2.04. The summed E-state index contributed by atoms with van der Waals surface area (Å²) >= 11 is 0. The highest BCUT2D eigenvalue weighted by molar-refractivity contribution is 5.81. The van der Waals surface area contributed by atoms with Crippen molar-refractivity contribution in [2.24, 2.45) is 0 Å². The Morgan fingerprint density at radius 3 is 2.94 bits per heavy atom. The van der Waals surface area contributed by atoms with E-state index in [1.165, 1.54) is 0 Å². The fourth-order valence-electron chi connectivity index (χ4n) is 2.04. The molecule has 0 aromatic heterocycles. The maximum Gasteiger partial charge on any atom is 0.237 e. The Labute approximate surface area is 108 Å². The van der Waals surface area contributed by atoms with Crippen LogP contribution in [-0.4, -0.2) is 31.6 Å². The lowest BCUT2D eigenvalue weighted by atomic mass is 10.2. The third-order valence-electron chi connectivity index (χ3n) is 3.03. The van der Waals surface area contributed by atoms with Gasteiger partial charge in [-0.05, 0) is 24.9 Å². The Morgan fingerprint density at radius 1 is 1.39 bits per heavy atom. The van der Waals surface area contributed by atoms with E-state index < -0.39 is 0 Å². The molecule has 1 aromatic rings. The quantitative estimate of drug-likeness (QED) is 0.740. The summed E-state index contributed by atoms with van der Waals surface area (Å²) in [4.78, 5) is 11.6. The molecule has 0 aliphatic carbocycles. The minimum atomic E-state index is -0.000812. The Kier molecular flexibility index (Phi) is 5.17. The van der Waals surface area contributed by atoms with Crippen LogP contribution in [0.4, 0.5) is 0 Å². The van der Waals surface area contributed by atoms with E-state index in [4.69, 9.17) is 4.74 Å². The fourth-order valence-corrected chi connectivity index (χ4v) is 2.04. The van der Waals surface area contributed by atoms with E-state index in [-0.39, 0.29) is 11.9 Å². The van der Waals surface area contributed by atoms with Gasteiger partial charge in [-0.2, -0.15) is 0 Å². The molecule has 1 aliphatic heterocycles. The smallest absolute Gasteiger partial charge is 0.237 e. The van der Waals surface area contributed by atoms with Gasteiger partial charge < -0.3 is 15.4 Å². The van der Waals surface area contributed by atoms with Crippen molar-refractivity contribution in [1.29, 1.82) is 0 Å². The Balaban J connectivity index is 1.54. The van der Waals surface area contributed by atoms with Gasteiger partial charge in [-0.15, -0.1) is 0 Å². The number of hydrogen-bond donors (Lipinski definition) is 2. The van der Waals surface area contributed by atoms with E-state index in [2.05, 4.69) is 10.6 Å². The second-order valence-electron chi connectivity index (χ2n) is 4.48. The first-order chi connectivity index (χ1) is 8.86. The van der Waals surface area contributed by atoms with Crippen LogP contribution in [0.1, 0.15) is 18.4 Å². The summed E-state index contributed by atoms with van der Waals surface area (Å²) in [5.74, 6) is 0.0933. The van der Waals surface area contributed by atoms with Gasteiger partial charge in [-0.3, -0.25) is 4.79 Å². The molecule has 1 aromatic carbocycles. The number of carbonyl (C=O) groups is 1. The van der Waals surface area contributed by atoms with E-state index in [9.17, 15) is 4.79 Å². The van der Waals surface area contributed by atoms with Crippen molar-refractivity contribution in [2.75, 3.05) is 19.7 Å². The van der Waals surface area contributed by atoms with E-state index in [1.807, 2.05) is 30.3 Å². The van der Waals surface area contributed by atoms with Gasteiger partial charge >= 0.3 is 0 Å². The highest BCUT2D eigenvalue weighted by atomic mass is 16.5. The first kappa shape index (κ1) is 13.1. The minimum Gasteiger partial charge on any atom is -0.375 e. The summed E-state index contributed by atoms with van der Waals surface area (Å²) in [6.45, 7) is 2.66. The molecular formula is C14H20N2O2. The molecule has 1 atom stereocenters. The molecule has 1 unspecified atom stereocenters. The largest absolute Gasteiger partial charge is 0.375 e. The van der Waals surface area contributed by atoms with Crippen molar-refractivity contribution in [3.8, 4) is 0 Å². The average molecular weight is 248 g/mol. The Morgan fingerprint density at radius 2 is 2.22 bits per heavy atom. The summed E-state index contributed by atoms with van der Waals surface area (Å²) < 4.78 is 5.50. The topological polar surface area (TPSA) is 50.4 Å². The number of carbonyl (C=O) groups excluding carboxylic acids is 1. The lowest BCUT2D eigenvalue weighted by Gasteiger charge is -2.11. The molecule has 0 saturated carbocycles. The monoisotopic (exact) mass is 248 g/mol. The maximum atomic E-state index is 11.6. The van der Waals surface area contributed by atoms with Gasteiger partial charge in [0.15, 0.2) is 0 Å². The molecule has 2 N–H and O–H groups in total. The zero-order chi connectivity index (χ0) is 12.6. The van der Waals surface area contributed by atoms with Crippen LogP contribution in [0.15, 0.2) is 30.3 Å². The van der Waals surface area contributed by atoms with Gasteiger partial charge in [0, 0.05) is 6.54 Å². The molecule has 4 heteroatoms. The molecule has 1 fully saturated rings. The summed E-state index contributed by atoms with van der Waals surface area (Å²) in [6, 6.07) is 10.0. The molecule has 0 spiro atoms. The van der Waals surface area contributed by atoms with Crippen molar-refractivity contribution >= 4 is 5.91 Å². The second-order valence-corrected chi connectivity index (χ2v) is 4.48. The van der Waals surface area contributed by atoms with Gasteiger partial charge in [-0.1, -0.05) is 30.3 Å². The fraction of sp³-hybridized carbons (Fsp3) is 0.500. The zero-order valence-electron chi connectivity index (χ0n) is 10.5. The summed E-state index contributed by atoms with van der Waals surface area (Å²) in [5, 5.41) is 6.05. The molecule has 1 heterocycles. The predicted octanol–water partition coefficient (Wildman–Crippen LogP) is 1.07. The van der Waals surface area contributed by atoms with Crippen molar-refractivity contribution in [2.45, 2.75) is 25.5 Å². The van der Waals surface area contributed by atoms with Gasteiger partial charge in [0.05, 0.1) is 19.3 Å². The van der Waals surface area contributed by atoms with Crippen LogP contribution in [0.25, 0.3) is 0 Å². The number of rotatable bonds is 6. The number of amides is 1. The second kappa shape index (κ2) is 7.13. The van der Waals surface area contributed by atoms with Crippen molar-refractivity contribution in [1.82, 2.24) is 10.6 Å². The number of hydrogen-bond acceptors (Lipinski definition) is 3. The number of benzene rings is 1. The third kappa shape index (κ3) is 4.13. The zero-order valence-corrected chi connectivity index (χ0v) is 10.5. The van der Waals surface area contributed by atoms with Gasteiger partial charge in [0.2, 0.25) is 5.91 Å². The lowest BCUT2D eigenvalue weighted by Crippen LogP contribution is -2.41. The van der Waals surface area contributed by atoms with Gasteiger partial charge in [-0.25, -0.2) is 0 Å². The molecule has 4 nitrogen and oxygen atoms in total. The first-order valence-corrected chi connectivity index (χ1v) is 6.49. The molecule has 0 radical (unpaired) electrons. The predicted molar refractivity (Wildman–Crippen MR) is 70.1 cm³/mol. The van der Waals surface area contributed by atoms with Crippen molar-refractivity contribution < 1.29 is 9.53 Å². The Hall–Kier alpha value is -1.39. The molecule has 1 amide bonds. The average Bonchev–Trinajstić information content (AvgIpc) is 2.93. The van der Waals surface area contributed by atoms with Crippen LogP contribution < -0.4 is 10.6 Å². The van der Waals surface area contributed by atoms with E-state index >= 15 is 0 Å². The number of nitrogens with one attached hydrogen (secondary N) is 2. The molecule has 18 heavy (non-hydrogen) atoms. The minimum absolute atomic E-state index is 0.000812. The van der Waals surface area contributed by atoms with Gasteiger partial charge in [0.25, 0.3) is 0 Å². The molecule has 1 saturated heterocycles. The summed E-state index contributed by atoms with van der Waals surface area (Å²) in [5.41, 5.74) is 1.15. The maximum absolute atomic E-state index is 11.6. The lowest BCUT2D eigenvalue weighted by molar-refractivity contribution is -0.123. The third-order valence-corrected chi connectivity index (χ3v) is 3.03. The normalized spacial score (nSPS) is 18.8.